The Labute approximate surface area is 182 Å². The number of hydrogen-bond acceptors (Lipinski definition) is 6. The Morgan fingerprint density at radius 3 is 2.50 bits per heavy atom. The summed E-state index contributed by atoms with van der Waals surface area (Å²) in [5, 5.41) is 31.6. The molecule has 1 saturated heterocycles. The highest BCUT2D eigenvalue weighted by atomic mass is 35.5. The molecule has 1 aromatic heterocycles. The number of methoxy groups -OCH3 is 1. The van der Waals surface area contributed by atoms with Crippen LogP contribution in [-0.2, 0) is 28.1 Å². The van der Waals surface area contributed by atoms with Crippen LogP contribution >= 0.6 is 22.9 Å². The molecule has 1 aliphatic heterocycles. The lowest BCUT2D eigenvalue weighted by molar-refractivity contribution is -0.263. The van der Waals surface area contributed by atoms with Crippen molar-refractivity contribution in [3.8, 4) is 0 Å². The molecule has 166 valence electrons. The average molecular weight is 463 g/mol. The Bertz CT molecular complexity index is 892. The monoisotopic (exact) mass is 462 g/mol. The van der Waals surface area contributed by atoms with Crippen molar-refractivity contribution in [1.82, 2.24) is 0 Å². The smallest absolute Gasteiger partial charge is 0.272 e. The largest absolute Gasteiger partial charge is 0.388 e. The third-order valence-electron chi connectivity index (χ3n) is 5.52. The zero-order valence-corrected chi connectivity index (χ0v) is 18.4. The molecule has 3 N–H and O–H groups in total. The summed E-state index contributed by atoms with van der Waals surface area (Å²) in [6.07, 6.45) is -6.97. The fraction of sp³-hybridized carbons (Fsp3) is 0.524. The number of halogens is 3. The van der Waals surface area contributed by atoms with Crippen molar-refractivity contribution in [3.05, 3.63) is 55.7 Å². The van der Waals surface area contributed by atoms with Gasteiger partial charge in [-0.25, -0.2) is 8.78 Å². The van der Waals surface area contributed by atoms with Crippen LogP contribution in [0.2, 0.25) is 5.02 Å². The SMILES string of the molecule is COCc1cc(Cl)c(Cc2ccc(C(F)F)s2)cc1[C@]1(C)O[C@H](C)[C@@H](O)[C@H](O)[C@H]1O. The van der Waals surface area contributed by atoms with E-state index in [1.54, 1.807) is 32.0 Å². The highest BCUT2D eigenvalue weighted by molar-refractivity contribution is 7.12. The van der Waals surface area contributed by atoms with Gasteiger partial charge >= 0.3 is 0 Å². The molecule has 0 spiro atoms. The molecular weight excluding hydrogens is 438 g/mol. The van der Waals surface area contributed by atoms with Crippen molar-refractivity contribution >= 4 is 22.9 Å². The number of rotatable bonds is 6. The lowest BCUT2D eigenvalue weighted by atomic mass is 9.79. The fourth-order valence-electron chi connectivity index (χ4n) is 3.86. The molecule has 0 bridgehead atoms. The number of ether oxygens (including phenoxy) is 2. The van der Waals surface area contributed by atoms with Gasteiger partial charge in [0.25, 0.3) is 6.43 Å². The Kier molecular flexibility index (Phi) is 7.18. The maximum atomic E-state index is 12.9. The summed E-state index contributed by atoms with van der Waals surface area (Å²) in [5.41, 5.74) is 0.539. The number of thiophene rings is 1. The minimum Gasteiger partial charge on any atom is -0.388 e. The van der Waals surface area contributed by atoms with E-state index < -0.39 is 36.4 Å². The van der Waals surface area contributed by atoms with Gasteiger partial charge in [-0.2, -0.15) is 0 Å². The molecule has 3 rings (SSSR count). The molecule has 9 heteroatoms. The quantitative estimate of drug-likeness (QED) is 0.608. The fourth-order valence-corrected chi connectivity index (χ4v) is 5.01. The van der Waals surface area contributed by atoms with Gasteiger partial charge in [-0.15, -0.1) is 11.3 Å². The first-order valence-corrected chi connectivity index (χ1v) is 10.7. The highest BCUT2D eigenvalue weighted by Crippen LogP contribution is 2.42. The van der Waals surface area contributed by atoms with Gasteiger partial charge in [0.2, 0.25) is 0 Å². The lowest BCUT2D eigenvalue weighted by Gasteiger charge is -2.47. The van der Waals surface area contributed by atoms with Gasteiger partial charge in [0.15, 0.2) is 0 Å². The molecule has 5 nitrogen and oxygen atoms in total. The van der Waals surface area contributed by atoms with Crippen LogP contribution in [0.1, 0.15) is 46.7 Å². The van der Waals surface area contributed by atoms with Crippen LogP contribution < -0.4 is 0 Å². The molecule has 1 aromatic carbocycles. The molecule has 30 heavy (non-hydrogen) atoms. The first-order chi connectivity index (χ1) is 14.1. The third kappa shape index (κ3) is 4.41. The van der Waals surface area contributed by atoms with Crippen LogP contribution in [0.5, 0.6) is 0 Å². The molecule has 1 fully saturated rings. The van der Waals surface area contributed by atoms with E-state index in [1.807, 2.05) is 0 Å². The molecule has 0 radical (unpaired) electrons. The van der Waals surface area contributed by atoms with Crippen molar-refractivity contribution in [3.63, 3.8) is 0 Å². The zero-order valence-electron chi connectivity index (χ0n) is 16.8. The first-order valence-electron chi connectivity index (χ1n) is 9.48. The van der Waals surface area contributed by atoms with Gasteiger partial charge in [-0.05, 0) is 48.7 Å². The van der Waals surface area contributed by atoms with E-state index in [0.29, 0.717) is 28.1 Å². The molecule has 2 heterocycles. The van der Waals surface area contributed by atoms with E-state index in [4.69, 9.17) is 21.1 Å². The van der Waals surface area contributed by atoms with Crippen LogP contribution in [0.4, 0.5) is 8.78 Å². The summed E-state index contributed by atoms with van der Waals surface area (Å²) in [6, 6.07) is 6.48. The first kappa shape index (κ1) is 23.5. The topological polar surface area (TPSA) is 79.2 Å². The molecule has 0 saturated carbocycles. The lowest BCUT2D eigenvalue weighted by Crippen LogP contribution is -2.61. The third-order valence-corrected chi connectivity index (χ3v) is 6.96. The van der Waals surface area contributed by atoms with E-state index in [-0.39, 0.29) is 11.5 Å². The predicted molar refractivity (Wildman–Crippen MR) is 110 cm³/mol. The maximum Gasteiger partial charge on any atom is 0.272 e. The predicted octanol–water partition coefficient (Wildman–Crippen LogP) is 3.79. The van der Waals surface area contributed by atoms with Gasteiger partial charge in [0.1, 0.15) is 23.9 Å². The van der Waals surface area contributed by atoms with Crippen molar-refractivity contribution in [2.75, 3.05) is 7.11 Å². The number of hydrogen-bond donors (Lipinski definition) is 3. The van der Waals surface area contributed by atoms with E-state index in [0.717, 1.165) is 16.2 Å². The van der Waals surface area contributed by atoms with Crippen LogP contribution in [0.3, 0.4) is 0 Å². The average Bonchev–Trinajstić information content (AvgIpc) is 3.16. The van der Waals surface area contributed by atoms with E-state index >= 15 is 0 Å². The molecular formula is C21H25ClF2O5S. The van der Waals surface area contributed by atoms with Gasteiger partial charge in [0, 0.05) is 23.4 Å². The van der Waals surface area contributed by atoms with Crippen molar-refractivity contribution in [2.45, 2.75) is 63.3 Å². The maximum absolute atomic E-state index is 12.9. The summed E-state index contributed by atoms with van der Waals surface area (Å²) in [7, 11) is 1.52. The minimum atomic E-state index is -2.53. The molecule has 5 atom stereocenters. The normalized spacial score (nSPS) is 29.5. The van der Waals surface area contributed by atoms with Crippen LogP contribution in [-0.4, -0.2) is 46.8 Å². The van der Waals surface area contributed by atoms with E-state index in [2.05, 4.69) is 0 Å². The van der Waals surface area contributed by atoms with E-state index in [1.165, 1.54) is 13.2 Å². The summed E-state index contributed by atoms with van der Waals surface area (Å²) in [6.45, 7) is 3.43. The van der Waals surface area contributed by atoms with Crippen molar-refractivity contribution in [1.29, 1.82) is 0 Å². The Morgan fingerprint density at radius 1 is 1.20 bits per heavy atom. The Balaban J connectivity index is 2.04. The summed E-state index contributed by atoms with van der Waals surface area (Å²) in [4.78, 5) is 0.706. The molecule has 0 aliphatic carbocycles. The molecule has 0 amide bonds. The van der Waals surface area contributed by atoms with Crippen molar-refractivity contribution < 1.29 is 33.6 Å². The minimum absolute atomic E-state index is 0.0127. The summed E-state index contributed by atoms with van der Waals surface area (Å²) >= 11 is 7.48. The zero-order chi connectivity index (χ0) is 22.2. The second-order valence-electron chi connectivity index (χ2n) is 7.67. The van der Waals surface area contributed by atoms with E-state index in [9.17, 15) is 24.1 Å². The van der Waals surface area contributed by atoms with Gasteiger partial charge in [0.05, 0.1) is 17.6 Å². The summed E-state index contributed by atoms with van der Waals surface area (Å²) in [5.74, 6) is 0. The van der Waals surface area contributed by atoms with Gasteiger partial charge in [-0.3, -0.25) is 0 Å². The molecule has 1 aliphatic rings. The summed E-state index contributed by atoms with van der Waals surface area (Å²) < 4.78 is 37.1. The van der Waals surface area contributed by atoms with Gasteiger partial charge in [-0.1, -0.05) is 17.7 Å². The van der Waals surface area contributed by atoms with Crippen LogP contribution in [0.15, 0.2) is 24.3 Å². The number of benzene rings is 1. The number of aliphatic hydroxyl groups excluding tert-OH is 3. The Morgan fingerprint density at radius 2 is 1.90 bits per heavy atom. The Hall–Kier alpha value is -1.13. The van der Waals surface area contributed by atoms with Crippen molar-refractivity contribution in [2.24, 2.45) is 0 Å². The van der Waals surface area contributed by atoms with Crippen LogP contribution in [0, 0.1) is 0 Å². The second-order valence-corrected chi connectivity index (χ2v) is 9.28. The standard InChI is InChI=1S/C21H25ClF2O5S/c1-10-17(25)18(26)19(27)21(2,29-10)14-7-11(15(22)8-12(14)9-28-3)6-13-4-5-16(30-13)20(23)24/h4-5,7-8,10,17-20,25-27H,6,9H2,1-3H3/t10-,17-,18+,19-,21+/m1/s1. The number of aliphatic hydroxyl groups is 3. The molecule has 2 aromatic rings. The second kappa shape index (κ2) is 9.16. The molecule has 0 unspecified atom stereocenters. The van der Waals surface area contributed by atoms with Gasteiger partial charge < -0.3 is 24.8 Å². The highest BCUT2D eigenvalue weighted by Gasteiger charge is 2.51. The van der Waals surface area contributed by atoms with Crippen LogP contribution in [0.25, 0.3) is 0 Å². The number of alkyl halides is 2.